The largest absolute Gasteiger partial charge is 0.501 e. The minimum Gasteiger partial charge on any atom is -0.501 e. The van der Waals surface area contributed by atoms with E-state index in [4.69, 9.17) is 9.40 Å². The first-order valence-electron chi connectivity index (χ1n) is 15.9. The maximum atomic E-state index is 6.11. The Morgan fingerprint density at radius 3 is 2.11 bits per heavy atom. The number of aromatic nitrogens is 2. The fraction of sp³-hybridized carbons (Fsp3) is 0.317. The topological polar surface area (TPSA) is 38.9 Å². The average Bonchev–Trinajstić information content (AvgIpc) is 3.35. The van der Waals surface area contributed by atoms with Crippen LogP contribution in [0.1, 0.15) is 52.7 Å². The average molecular weight is 848 g/mol. The van der Waals surface area contributed by atoms with Crippen LogP contribution >= 0.6 is 0 Å². The maximum absolute atomic E-state index is 6.11. The van der Waals surface area contributed by atoms with E-state index in [2.05, 4.69) is 119 Å². The molecule has 241 valence electrons. The molecule has 5 heteroatoms. The summed E-state index contributed by atoms with van der Waals surface area (Å²) in [6.45, 7) is 13.7. The molecule has 0 saturated heterocycles. The van der Waals surface area contributed by atoms with Gasteiger partial charge in [-0.05, 0) is 29.7 Å². The van der Waals surface area contributed by atoms with Crippen molar-refractivity contribution in [1.82, 2.24) is 9.97 Å². The number of pyridine rings is 2. The second kappa shape index (κ2) is 14.4. The Bertz CT molecular complexity index is 1910. The van der Waals surface area contributed by atoms with E-state index >= 15 is 0 Å². The van der Waals surface area contributed by atoms with Gasteiger partial charge in [-0.15, -0.1) is 18.2 Å². The summed E-state index contributed by atoms with van der Waals surface area (Å²) in [7, 11) is 0. The van der Waals surface area contributed by atoms with E-state index in [1.165, 1.54) is 15.5 Å². The molecule has 0 fully saturated rings. The molecule has 0 bridgehead atoms. The van der Waals surface area contributed by atoms with Crippen LogP contribution in [0.25, 0.3) is 44.5 Å². The van der Waals surface area contributed by atoms with Gasteiger partial charge in [0, 0.05) is 31.7 Å². The van der Waals surface area contributed by atoms with Crippen molar-refractivity contribution >= 4 is 39.6 Å². The van der Waals surface area contributed by atoms with Gasteiger partial charge in [0.25, 0.3) is 0 Å². The molecule has 0 aliphatic carbocycles. The molecule has 3 aromatic carbocycles. The van der Waals surface area contributed by atoms with E-state index in [0.29, 0.717) is 5.41 Å². The van der Waals surface area contributed by atoms with Gasteiger partial charge < -0.3 is 9.40 Å². The third-order valence-electron chi connectivity index (χ3n) is 7.66. The smallest absolute Gasteiger partial charge is 0.120 e. The minimum absolute atomic E-state index is 0. The number of hydrogen-bond donors (Lipinski definition) is 0. The first-order valence-corrected chi connectivity index (χ1v) is 23.3. The monoisotopic (exact) mass is 849 g/mol. The molecule has 0 spiro atoms. The first kappa shape index (κ1) is 35.8. The third kappa shape index (κ3) is 9.06. The predicted molar refractivity (Wildman–Crippen MR) is 194 cm³/mol. The Morgan fingerprint density at radius 1 is 0.717 bits per heavy atom. The Morgan fingerprint density at radius 2 is 1.43 bits per heavy atom. The second-order valence-corrected chi connectivity index (χ2v) is 26.0. The Labute approximate surface area is 292 Å². The van der Waals surface area contributed by atoms with Gasteiger partial charge in [0.15, 0.2) is 0 Å². The zero-order valence-corrected chi connectivity index (χ0v) is 33.2. The molecule has 3 aromatic heterocycles. The van der Waals surface area contributed by atoms with E-state index < -0.39 is 13.3 Å². The van der Waals surface area contributed by atoms with Gasteiger partial charge in [-0.25, -0.2) is 0 Å². The molecule has 0 atom stereocenters. The Hall–Kier alpha value is -3.05. The van der Waals surface area contributed by atoms with Crippen LogP contribution in [-0.4, -0.2) is 23.2 Å². The van der Waals surface area contributed by atoms with Gasteiger partial charge in [0.05, 0.1) is 5.58 Å². The Balaban J connectivity index is 0.000000207. The number of para-hydroxylation sites is 1. The van der Waals surface area contributed by atoms with Crippen molar-refractivity contribution in [3.05, 3.63) is 115 Å². The molecule has 3 nitrogen and oxygen atoms in total. The number of hydrogen-bond acceptors (Lipinski definition) is 3. The van der Waals surface area contributed by atoms with E-state index in [9.17, 15) is 0 Å². The summed E-state index contributed by atoms with van der Waals surface area (Å²) < 4.78 is 7.64. The number of fused-ring (bicyclic) bond motifs is 3. The predicted octanol–water partition coefficient (Wildman–Crippen LogP) is 10.7. The van der Waals surface area contributed by atoms with Crippen LogP contribution in [0, 0.1) is 23.0 Å². The SMILES string of the molecule is CC(C)(C)Cc1cc(-c2[c-]cccc2)nc[c]1[Ge]([CH3])([CH3])[CH3].CC(C)(C)Cc1ccnc(-c2[c-]ccc3c2oc2ccccc23)c1.[Ir]. The second-order valence-electron chi connectivity index (χ2n) is 15.5. The van der Waals surface area contributed by atoms with E-state index in [-0.39, 0.29) is 25.5 Å². The standard InChI is InChI=1S/C22H20NO.C19H26GeN.Ir/c1-22(2,3)14-15-11-12-23-19(13-15)18-9-6-8-17-16-7-4-5-10-20(16)24-21(17)18;1-19(2,3)13-16-12-18(15-10-8-7-9-11-15)21-14-17(16)20(4,5)6;/h4-8,10-13H,14H2,1-3H3;7-10,12,14H,13H2,1-6H3;/q2*-1;. The molecule has 6 rings (SSSR count). The number of rotatable bonds is 5. The van der Waals surface area contributed by atoms with Crippen LogP contribution in [0.3, 0.4) is 0 Å². The zero-order valence-electron chi connectivity index (χ0n) is 28.7. The van der Waals surface area contributed by atoms with Gasteiger partial charge in [-0.2, -0.15) is 0 Å². The summed E-state index contributed by atoms with van der Waals surface area (Å²) in [5, 5.41) is 2.25. The summed E-state index contributed by atoms with van der Waals surface area (Å²) in [6, 6.07) is 33.4. The molecule has 0 N–H and O–H groups in total. The molecular formula is C41H46GeIrN2O-2. The van der Waals surface area contributed by atoms with Crippen LogP contribution in [0.2, 0.25) is 17.3 Å². The summed E-state index contributed by atoms with van der Waals surface area (Å²) in [6.07, 6.45) is 6.13. The Kier molecular flexibility index (Phi) is 11.2. The molecule has 0 aliphatic rings. The van der Waals surface area contributed by atoms with Crippen molar-refractivity contribution in [2.45, 2.75) is 71.7 Å². The number of benzene rings is 3. The minimum atomic E-state index is -1.90. The van der Waals surface area contributed by atoms with Crippen molar-refractivity contribution in [3.8, 4) is 22.5 Å². The van der Waals surface area contributed by atoms with Gasteiger partial charge in [-0.1, -0.05) is 61.5 Å². The van der Waals surface area contributed by atoms with Gasteiger partial charge >= 0.3 is 132 Å². The normalized spacial score (nSPS) is 12.0. The third-order valence-corrected chi connectivity index (χ3v) is 12.0. The molecule has 0 unspecified atom stereocenters. The van der Waals surface area contributed by atoms with Gasteiger partial charge in [-0.3, -0.25) is 0 Å². The summed E-state index contributed by atoms with van der Waals surface area (Å²) >= 11 is -1.90. The van der Waals surface area contributed by atoms with Gasteiger partial charge in [0.1, 0.15) is 5.58 Å². The van der Waals surface area contributed by atoms with Crippen molar-refractivity contribution in [3.63, 3.8) is 0 Å². The summed E-state index contributed by atoms with van der Waals surface area (Å²) in [5.74, 6) is 7.33. The molecule has 46 heavy (non-hydrogen) atoms. The van der Waals surface area contributed by atoms with Crippen molar-refractivity contribution in [1.29, 1.82) is 0 Å². The fourth-order valence-corrected chi connectivity index (χ4v) is 9.11. The molecule has 0 aliphatic heterocycles. The van der Waals surface area contributed by atoms with E-state index in [0.717, 1.165) is 57.3 Å². The molecule has 6 aromatic rings. The van der Waals surface area contributed by atoms with E-state index in [1.54, 1.807) is 0 Å². The van der Waals surface area contributed by atoms with Crippen LogP contribution in [0.4, 0.5) is 0 Å². The summed E-state index contributed by atoms with van der Waals surface area (Å²) in [4.78, 5) is 9.29. The van der Waals surface area contributed by atoms with Crippen molar-refractivity contribution in [2.24, 2.45) is 10.8 Å². The first-order chi connectivity index (χ1) is 21.2. The summed E-state index contributed by atoms with van der Waals surface area (Å²) in [5.41, 5.74) is 9.05. The molecule has 0 amide bonds. The van der Waals surface area contributed by atoms with Crippen molar-refractivity contribution < 1.29 is 24.5 Å². The zero-order chi connectivity index (χ0) is 32.4. The number of nitrogens with zero attached hydrogens (tertiary/aromatic N) is 2. The van der Waals surface area contributed by atoms with Crippen LogP contribution < -0.4 is 4.40 Å². The molecule has 1 radical (unpaired) electrons. The fourth-order valence-electron chi connectivity index (χ4n) is 5.80. The van der Waals surface area contributed by atoms with Crippen LogP contribution in [-0.2, 0) is 32.9 Å². The van der Waals surface area contributed by atoms with Gasteiger partial charge in [0.2, 0.25) is 0 Å². The van der Waals surface area contributed by atoms with Crippen LogP contribution in [0.15, 0.2) is 95.7 Å². The van der Waals surface area contributed by atoms with Crippen LogP contribution in [0.5, 0.6) is 0 Å². The quantitative estimate of drug-likeness (QED) is 0.128. The van der Waals surface area contributed by atoms with Crippen molar-refractivity contribution in [2.75, 3.05) is 0 Å². The molecule has 3 heterocycles. The number of furan rings is 1. The molecule has 0 saturated carbocycles. The molecular weight excluding hydrogens is 801 g/mol. The van der Waals surface area contributed by atoms with E-state index in [1.807, 2.05) is 48.7 Å². The maximum Gasteiger partial charge on any atom is 0.120 e.